The molecule has 0 fully saturated rings. The molecule has 0 radical (unpaired) electrons. The first kappa shape index (κ1) is 7.67. The third kappa shape index (κ3) is 0.907. The fraction of sp³-hybridized carbons (Fsp3) is 0.300. The van der Waals surface area contributed by atoms with E-state index in [0.29, 0.717) is 0 Å². The number of aryl methyl sites for hydroxylation is 2. The van der Waals surface area contributed by atoms with Crippen molar-refractivity contribution >= 4 is 23.1 Å². The Hall–Kier alpha value is -1.71. The van der Waals surface area contributed by atoms with Crippen LogP contribution in [0.25, 0.3) is 11.0 Å². The molecular weight excluding hydrogens is 176 g/mol. The summed E-state index contributed by atoms with van der Waals surface area (Å²) in [4.78, 5) is 12.8. The molecule has 3 heterocycles. The molecule has 4 heteroatoms. The second-order valence-electron chi connectivity index (χ2n) is 3.50. The van der Waals surface area contributed by atoms with Crippen LogP contribution >= 0.6 is 0 Å². The van der Waals surface area contributed by atoms with Crippen molar-refractivity contribution in [3.63, 3.8) is 0 Å². The maximum atomic E-state index is 4.32. The standard InChI is InChI=1S/C10H10N4/c1-7-5-14-4-2-3-11-10-9(14)8(7)12-6-13-10/h3,5-6H,2,4H2,1H3. The highest BCUT2D eigenvalue weighted by atomic mass is 15.1. The molecule has 3 rings (SSSR count). The summed E-state index contributed by atoms with van der Waals surface area (Å²) in [7, 11) is 0. The molecule has 2 aromatic rings. The lowest BCUT2D eigenvalue weighted by Gasteiger charge is -1.99. The third-order valence-corrected chi connectivity index (χ3v) is 2.53. The average Bonchev–Trinajstić information content (AvgIpc) is 2.41. The topological polar surface area (TPSA) is 43.1 Å². The molecule has 14 heavy (non-hydrogen) atoms. The Balaban J connectivity index is 2.50. The van der Waals surface area contributed by atoms with Gasteiger partial charge in [0.25, 0.3) is 0 Å². The van der Waals surface area contributed by atoms with Crippen LogP contribution < -0.4 is 0 Å². The van der Waals surface area contributed by atoms with Gasteiger partial charge in [0.05, 0.1) is 5.52 Å². The van der Waals surface area contributed by atoms with Gasteiger partial charge in [0.15, 0.2) is 5.82 Å². The van der Waals surface area contributed by atoms with E-state index in [-0.39, 0.29) is 0 Å². The highest BCUT2D eigenvalue weighted by Gasteiger charge is 2.12. The summed E-state index contributed by atoms with van der Waals surface area (Å²) >= 11 is 0. The summed E-state index contributed by atoms with van der Waals surface area (Å²) in [6.45, 7) is 3.04. The summed E-state index contributed by atoms with van der Waals surface area (Å²) in [5, 5.41) is 0. The van der Waals surface area contributed by atoms with Gasteiger partial charge in [0.2, 0.25) is 0 Å². The minimum absolute atomic E-state index is 0.792. The van der Waals surface area contributed by atoms with E-state index in [0.717, 1.165) is 29.8 Å². The Morgan fingerprint density at radius 3 is 3.21 bits per heavy atom. The molecule has 4 nitrogen and oxygen atoms in total. The third-order valence-electron chi connectivity index (χ3n) is 2.53. The van der Waals surface area contributed by atoms with Crippen LogP contribution in [-0.2, 0) is 6.54 Å². The quantitative estimate of drug-likeness (QED) is 0.630. The molecule has 0 N–H and O–H groups in total. The molecule has 70 valence electrons. The van der Waals surface area contributed by atoms with E-state index in [4.69, 9.17) is 0 Å². The van der Waals surface area contributed by atoms with Crippen LogP contribution in [0.2, 0.25) is 0 Å². The van der Waals surface area contributed by atoms with Crippen molar-refractivity contribution in [3.8, 4) is 0 Å². The molecule has 0 bridgehead atoms. The van der Waals surface area contributed by atoms with Gasteiger partial charge in [-0.1, -0.05) is 0 Å². The Morgan fingerprint density at radius 2 is 2.29 bits per heavy atom. The van der Waals surface area contributed by atoms with Gasteiger partial charge >= 0.3 is 0 Å². The Bertz CT molecular complexity index is 524. The second kappa shape index (κ2) is 2.64. The molecular formula is C10H10N4. The summed E-state index contributed by atoms with van der Waals surface area (Å²) in [5.41, 5.74) is 3.29. The predicted molar refractivity (Wildman–Crippen MR) is 55.0 cm³/mol. The number of nitrogens with zero attached hydrogens (tertiary/aromatic N) is 4. The highest BCUT2D eigenvalue weighted by Crippen LogP contribution is 2.27. The van der Waals surface area contributed by atoms with Gasteiger partial charge in [-0.05, 0) is 12.5 Å². The Labute approximate surface area is 81.3 Å². The molecule has 0 spiro atoms. The maximum Gasteiger partial charge on any atom is 0.179 e. The average molecular weight is 186 g/mol. The minimum Gasteiger partial charge on any atom is -0.342 e. The number of aromatic nitrogens is 3. The fourth-order valence-electron chi connectivity index (χ4n) is 1.90. The fourth-order valence-corrected chi connectivity index (χ4v) is 1.90. The largest absolute Gasteiger partial charge is 0.342 e. The molecule has 1 aliphatic heterocycles. The molecule has 0 saturated heterocycles. The van der Waals surface area contributed by atoms with E-state index in [1.807, 2.05) is 6.21 Å². The van der Waals surface area contributed by atoms with Crippen LogP contribution in [-0.4, -0.2) is 20.7 Å². The van der Waals surface area contributed by atoms with Gasteiger partial charge in [0.1, 0.15) is 11.8 Å². The first-order chi connectivity index (χ1) is 6.86. The van der Waals surface area contributed by atoms with Crippen molar-refractivity contribution < 1.29 is 0 Å². The van der Waals surface area contributed by atoms with Crippen LogP contribution in [0.3, 0.4) is 0 Å². The summed E-state index contributed by atoms with van der Waals surface area (Å²) in [6.07, 6.45) is 6.58. The van der Waals surface area contributed by atoms with Crippen LogP contribution in [0.1, 0.15) is 12.0 Å². The first-order valence-electron chi connectivity index (χ1n) is 4.69. The van der Waals surface area contributed by atoms with E-state index in [1.54, 1.807) is 6.33 Å². The smallest absolute Gasteiger partial charge is 0.179 e. The van der Waals surface area contributed by atoms with Gasteiger partial charge in [0, 0.05) is 25.4 Å². The van der Waals surface area contributed by atoms with Gasteiger partial charge in [-0.2, -0.15) is 0 Å². The molecule has 1 aliphatic rings. The van der Waals surface area contributed by atoms with E-state index < -0.39 is 0 Å². The van der Waals surface area contributed by atoms with E-state index in [1.165, 1.54) is 5.56 Å². The van der Waals surface area contributed by atoms with Crippen LogP contribution in [0.15, 0.2) is 17.5 Å². The number of aliphatic imine (C=N–C) groups is 1. The Morgan fingerprint density at radius 1 is 1.36 bits per heavy atom. The van der Waals surface area contributed by atoms with Gasteiger partial charge < -0.3 is 4.57 Å². The summed E-state index contributed by atoms with van der Waals surface area (Å²) < 4.78 is 2.19. The van der Waals surface area contributed by atoms with Crippen molar-refractivity contribution in [2.24, 2.45) is 4.99 Å². The summed E-state index contributed by atoms with van der Waals surface area (Å²) in [5.74, 6) is 0.792. The van der Waals surface area contributed by atoms with Crippen molar-refractivity contribution in [1.82, 2.24) is 14.5 Å². The zero-order valence-electron chi connectivity index (χ0n) is 7.94. The molecule has 0 saturated carbocycles. The molecule has 2 aromatic heterocycles. The number of rotatable bonds is 0. The molecule has 0 atom stereocenters. The van der Waals surface area contributed by atoms with Crippen molar-refractivity contribution in [2.45, 2.75) is 19.9 Å². The maximum absolute atomic E-state index is 4.32. The number of hydrogen-bond donors (Lipinski definition) is 0. The lowest BCUT2D eigenvalue weighted by molar-refractivity contribution is 0.763. The predicted octanol–water partition coefficient (Wildman–Crippen LogP) is 1.85. The van der Waals surface area contributed by atoms with E-state index in [2.05, 4.69) is 32.6 Å². The molecule has 0 aliphatic carbocycles. The Kier molecular flexibility index (Phi) is 1.45. The molecule has 0 unspecified atom stereocenters. The SMILES string of the molecule is Cc1cn2c3c(ncnc13)N=CCC2. The van der Waals surface area contributed by atoms with E-state index in [9.17, 15) is 0 Å². The van der Waals surface area contributed by atoms with Gasteiger partial charge in [-0.25, -0.2) is 15.0 Å². The van der Waals surface area contributed by atoms with Gasteiger partial charge in [-0.15, -0.1) is 0 Å². The molecule has 0 amide bonds. The first-order valence-corrected chi connectivity index (χ1v) is 4.69. The zero-order chi connectivity index (χ0) is 9.54. The monoisotopic (exact) mass is 186 g/mol. The van der Waals surface area contributed by atoms with Crippen molar-refractivity contribution in [2.75, 3.05) is 0 Å². The van der Waals surface area contributed by atoms with Crippen LogP contribution in [0.4, 0.5) is 5.82 Å². The minimum atomic E-state index is 0.792. The zero-order valence-corrected chi connectivity index (χ0v) is 7.94. The molecule has 0 aromatic carbocycles. The normalized spacial score (nSPS) is 14.6. The lowest BCUT2D eigenvalue weighted by Crippen LogP contribution is -1.94. The summed E-state index contributed by atoms with van der Waals surface area (Å²) in [6, 6.07) is 0. The number of hydrogen-bond acceptors (Lipinski definition) is 3. The van der Waals surface area contributed by atoms with Crippen LogP contribution in [0.5, 0.6) is 0 Å². The lowest BCUT2D eigenvalue weighted by atomic mass is 10.3. The highest BCUT2D eigenvalue weighted by molar-refractivity contribution is 5.89. The van der Waals surface area contributed by atoms with Crippen molar-refractivity contribution in [3.05, 3.63) is 18.1 Å². The van der Waals surface area contributed by atoms with Gasteiger partial charge in [-0.3, -0.25) is 0 Å². The van der Waals surface area contributed by atoms with Crippen LogP contribution in [0, 0.1) is 6.92 Å². The van der Waals surface area contributed by atoms with E-state index >= 15 is 0 Å². The van der Waals surface area contributed by atoms with Crippen molar-refractivity contribution in [1.29, 1.82) is 0 Å². The second-order valence-corrected chi connectivity index (χ2v) is 3.50.